The summed E-state index contributed by atoms with van der Waals surface area (Å²) in [5.74, 6) is 1.27. The molecule has 0 spiro atoms. The van der Waals surface area contributed by atoms with Gasteiger partial charge in [0.15, 0.2) is 0 Å². The molecular weight excluding hydrogens is 384 g/mol. The van der Waals surface area contributed by atoms with Crippen molar-refractivity contribution in [3.05, 3.63) is 59.2 Å². The molecule has 29 heavy (non-hydrogen) atoms. The number of carbonyl (C=O) groups is 1. The smallest absolute Gasteiger partial charge is 0.300 e. The lowest BCUT2D eigenvalue weighted by atomic mass is 9.93. The Hall–Kier alpha value is -2.80. The van der Waals surface area contributed by atoms with E-state index in [4.69, 9.17) is 10.1 Å². The predicted molar refractivity (Wildman–Crippen MR) is 119 cm³/mol. The molecule has 0 atom stereocenters. The number of amidine groups is 1. The maximum Gasteiger partial charge on any atom is 0.300 e. The maximum absolute atomic E-state index is 11.7. The highest BCUT2D eigenvalue weighted by atomic mass is 32.2. The average Bonchev–Trinajstić information content (AvgIpc) is 2.71. The van der Waals surface area contributed by atoms with Gasteiger partial charge in [0.2, 0.25) is 0 Å². The van der Waals surface area contributed by atoms with E-state index in [-0.39, 0.29) is 9.99 Å². The molecule has 0 aliphatic carbocycles. The second-order valence-electron chi connectivity index (χ2n) is 7.65. The number of benzene rings is 2. The Morgan fingerprint density at radius 1 is 1.24 bits per heavy atom. The molecule has 2 aromatic carbocycles. The number of hydrogen-bond donors (Lipinski definition) is 2. The standard InChI is InChI=1S/C22H24N4O2S/c1-22(2)19(24-25-21(27)29-22)16-8-11-18-15(13-16)5-4-12-26(18)20(23)14-6-9-17(28-3)10-7-14/h6-11,13,23H,4-5,12H2,1-3H3,(H,25,27). The molecule has 4 rings (SSSR count). The third-order valence-corrected chi connectivity index (χ3v) is 6.26. The first-order valence-corrected chi connectivity index (χ1v) is 10.4. The molecule has 7 heteroatoms. The minimum absolute atomic E-state index is 0.129. The first kappa shape index (κ1) is 19.5. The van der Waals surface area contributed by atoms with Gasteiger partial charge in [-0.1, -0.05) is 17.8 Å². The second kappa shape index (κ2) is 7.55. The van der Waals surface area contributed by atoms with Crippen LogP contribution in [0.5, 0.6) is 5.75 Å². The van der Waals surface area contributed by atoms with Crippen LogP contribution in [0.15, 0.2) is 47.6 Å². The lowest BCUT2D eigenvalue weighted by molar-refractivity contribution is 0.260. The van der Waals surface area contributed by atoms with E-state index in [2.05, 4.69) is 27.6 Å². The van der Waals surface area contributed by atoms with Crippen LogP contribution in [-0.2, 0) is 6.42 Å². The molecule has 0 unspecified atom stereocenters. The Labute approximate surface area is 174 Å². The predicted octanol–water partition coefficient (Wildman–Crippen LogP) is 4.41. The van der Waals surface area contributed by atoms with Gasteiger partial charge in [0.25, 0.3) is 5.24 Å². The number of hydrazone groups is 1. The zero-order chi connectivity index (χ0) is 20.6. The van der Waals surface area contributed by atoms with Crippen LogP contribution in [0, 0.1) is 5.41 Å². The summed E-state index contributed by atoms with van der Waals surface area (Å²) in [6.07, 6.45) is 1.94. The number of anilines is 1. The molecule has 6 nitrogen and oxygen atoms in total. The first-order chi connectivity index (χ1) is 13.9. The molecule has 2 N–H and O–H groups in total. The van der Waals surface area contributed by atoms with Crippen LogP contribution in [0.25, 0.3) is 0 Å². The lowest BCUT2D eigenvalue weighted by Gasteiger charge is -2.33. The molecule has 150 valence electrons. The summed E-state index contributed by atoms with van der Waals surface area (Å²) in [7, 11) is 1.64. The Morgan fingerprint density at radius 3 is 2.69 bits per heavy atom. The monoisotopic (exact) mass is 408 g/mol. The lowest BCUT2D eigenvalue weighted by Crippen LogP contribution is -2.39. The molecule has 2 aromatic rings. The van der Waals surface area contributed by atoms with Crippen LogP contribution in [-0.4, -0.2) is 35.2 Å². The largest absolute Gasteiger partial charge is 0.497 e. The molecule has 2 aliphatic rings. The van der Waals surface area contributed by atoms with Crippen LogP contribution in [0.1, 0.15) is 37.0 Å². The van der Waals surface area contributed by atoms with Gasteiger partial charge in [-0.05, 0) is 74.2 Å². The van der Waals surface area contributed by atoms with Crippen LogP contribution in [0.3, 0.4) is 0 Å². The van der Waals surface area contributed by atoms with Gasteiger partial charge in [-0.2, -0.15) is 5.10 Å². The van der Waals surface area contributed by atoms with E-state index in [0.717, 1.165) is 47.7 Å². The Balaban J connectivity index is 1.65. The number of fused-ring (bicyclic) bond motifs is 1. The number of methoxy groups -OCH3 is 1. The molecule has 0 fully saturated rings. The minimum Gasteiger partial charge on any atom is -0.497 e. The Kier molecular flexibility index (Phi) is 5.08. The summed E-state index contributed by atoms with van der Waals surface area (Å²) in [5.41, 5.74) is 7.59. The van der Waals surface area contributed by atoms with Crippen LogP contribution in [0.2, 0.25) is 0 Å². The normalized spacial score (nSPS) is 17.8. The number of amides is 1. The van der Waals surface area contributed by atoms with Crippen molar-refractivity contribution >= 4 is 34.2 Å². The summed E-state index contributed by atoms with van der Waals surface area (Å²) < 4.78 is 4.83. The fourth-order valence-corrected chi connectivity index (χ4v) is 4.65. The number of hydrogen-bond acceptors (Lipinski definition) is 5. The quantitative estimate of drug-likeness (QED) is 0.582. The van der Waals surface area contributed by atoms with Gasteiger partial charge >= 0.3 is 0 Å². The van der Waals surface area contributed by atoms with Gasteiger partial charge in [-0.3, -0.25) is 10.2 Å². The second-order valence-corrected chi connectivity index (χ2v) is 9.24. The van der Waals surface area contributed by atoms with Crippen molar-refractivity contribution in [2.45, 2.75) is 31.4 Å². The van der Waals surface area contributed by atoms with E-state index in [9.17, 15) is 4.79 Å². The van der Waals surface area contributed by atoms with Crippen LogP contribution < -0.4 is 15.1 Å². The van der Waals surface area contributed by atoms with E-state index >= 15 is 0 Å². The van der Waals surface area contributed by atoms with Gasteiger partial charge in [0.05, 0.1) is 17.6 Å². The zero-order valence-electron chi connectivity index (χ0n) is 16.8. The number of carbonyl (C=O) groups excluding carboxylic acids is 1. The number of nitrogens with one attached hydrogen (secondary N) is 2. The van der Waals surface area contributed by atoms with Gasteiger partial charge in [-0.25, -0.2) is 5.43 Å². The van der Waals surface area contributed by atoms with E-state index in [0.29, 0.717) is 5.84 Å². The number of ether oxygens (including phenoxy) is 1. The fraction of sp³-hybridized carbons (Fsp3) is 0.318. The molecule has 2 heterocycles. The molecule has 0 aromatic heterocycles. The fourth-order valence-electron chi connectivity index (χ4n) is 3.83. The van der Waals surface area contributed by atoms with Crippen LogP contribution in [0.4, 0.5) is 10.5 Å². The van der Waals surface area contributed by atoms with Crippen molar-refractivity contribution in [3.63, 3.8) is 0 Å². The van der Waals surface area contributed by atoms with Crippen molar-refractivity contribution < 1.29 is 9.53 Å². The summed E-state index contributed by atoms with van der Waals surface area (Å²) in [5, 5.41) is 12.9. The van der Waals surface area contributed by atoms with Crippen molar-refractivity contribution in [2.75, 3.05) is 18.6 Å². The highest BCUT2D eigenvalue weighted by Crippen LogP contribution is 2.35. The molecule has 1 amide bonds. The van der Waals surface area contributed by atoms with Crippen molar-refractivity contribution in [2.24, 2.45) is 5.10 Å². The molecule has 0 radical (unpaired) electrons. The summed E-state index contributed by atoms with van der Waals surface area (Å²) in [6, 6.07) is 13.9. The summed E-state index contributed by atoms with van der Waals surface area (Å²) in [6.45, 7) is 4.84. The summed E-state index contributed by atoms with van der Waals surface area (Å²) >= 11 is 1.25. The number of nitrogens with zero attached hydrogens (tertiary/aromatic N) is 2. The van der Waals surface area contributed by atoms with Crippen LogP contribution >= 0.6 is 11.8 Å². The average molecular weight is 409 g/mol. The number of thioether (sulfide) groups is 1. The minimum atomic E-state index is -0.388. The SMILES string of the molecule is COc1ccc(C(=N)N2CCCc3cc(C4=NNC(=O)SC4(C)C)ccc32)cc1. The van der Waals surface area contributed by atoms with Gasteiger partial charge < -0.3 is 9.64 Å². The van der Waals surface area contributed by atoms with Crippen molar-refractivity contribution in [3.8, 4) is 5.75 Å². The first-order valence-electron chi connectivity index (χ1n) is 9.60. The summed E-state index contributed by atoms with van der Waals surface area (Å²) in [4.78, 5) is 13.8. The Bertz CT molecular complexity index is 998. The highest BCUT2D eigenvalue weighted by molar-refractivity contribution is 8.15. The zero-order valence-corrected chi connectivity index (χ0v) is 17.6. The van der Waals surface area contributed by atoms with E-state index in [1.807, 2.05) is 44.2 Å². The molecule has 0 bridgehead atoms. The van der Waals surface area contributed by atoms with Crippen molar-refractivity contribution in [1.29, 1.82) is 5.41 Å². The highest BCUT2D eigenvalue weighted by Gasteiger charge is 2.34. The van der Waals surface area contributed by atoms with E-state index < -0.39 is 0 Å². The third kappa shape index (κ3) is 3.74. The number of rotatable bonds is 3. The molecule has 0 saturated carbocycles. The van der Waals surface area contributed by atoms with Gasteiger partial charge in [0, 0.05) is 17.8 Å². The molecule has 2 aliphatic heterocycles. The van der Waals surface area contributed by atoms with E-state index in [1.54, 1.807) is 7.11 Å². The molecule has 0 saturated heterocycles. The number of aryl methyl sites for hydroxylation is 1. The van der Waals surface area contributed by atoms with Crippen molar-refractivity contribution in [1.82, 2.24) is 5.43 Å². The topological polar surface area (TPSA) is 77.8 Å². The third-order valence-electron chi connectivity index (χ3n) is 5.28. The Morgan fingerprint density at radius 2 is 2.00 bits per heavy atom. The van der Waals surface area contributed by atoms with Gasteiger partial charge in [-0.15, -0.1) is 0 Å². The maximum atomic E-state index is 11.7. The molecular formula is C22H24N4O2S. The van der Waals surface area contributed by atoms with Gasteiger partial charge in [0.1, 0.15) is 11.6 Å². The van der Waals surface area contributed by atoms with E-state index in [1.165, 1.54) is 17.3 Å².